The zero-order valence-electron chi connectivity index (χ0n) is 12.3. The van der Waals surface area contributed by atoms with Gasteiger partial charge in [-0.15, -0.1) is 0 Å². The minimum Gasteiger partial charge on any atom is -0.489 e. The number of hydrogen-bond donors (Lipinski definition) is 1. The van der Waals surface area contributed by atoms with Crippen molar-refractivity contribution < 1.29 is 9.53 Å². The van der Waals surface area contributed by atoms with E-state index in [-0.39, 0.29) is 18.6 Å². The number of ether oxygens (including phenoxy) is 1. The highest BCUT2D eigenvalue weighted by Crippen LogP contribution is 2.23. The number of carbonyl (C=O) groups excluding carboxylic acids is 1. The summed E-state index contributed by atoms with van der Waals surface area (Å²) in [5, 5.41) is 0. The Labute approximate surface area is 120 Å². The van der Waals surface area contributed by atoms with Crippen molar-refractivity contribution in [3.05, 3.63) is 29.8 Å². The summed E-state index contributed by atoms with van der Waals surface area (Å²) in [6.45, 7) is 5.85. The minimum atomic E-state index is 0.00855. The van der Waals surface area contributed by atoms with Gasteiger partial charge < -0.3 is 15.4 Å². The van der Waals surface area contributed by atoms with Gasteiger partial charge in [0.25, 0.3) is 0 Å². The van der Waals surface area contributed by atoms with E-state index in [1.54, 1.807) is 4.90 Å². The SMILES string of the molecule is CC(C)c1cccc(OC2CCCN(C(=O)CN)C2)c1. The van der Waals surface area contributed by atoms with Crippen LogP contribution < -0.4 is 10.5 Å². The molecule has 0 bridgehead atoms. The van der Waals surface area contributed by atoms with Gasteiger partial charge in [0.15, 0.2) is 0 Å². The highest BCUT2D eigenvalue weighted by atomic mass is 16.5. The van der Waals surface area contributed by atoms with Gasteiger partial charge >= 0.3 is 0 Å². The first-order valence-corrected chi connectivity index (χ1v) is 7.34. The van der Waals surface area contributed by atoms with E-state index < -0.39 is 0 Å². The third-order valence-electron chi connectivity index (χ3n) is 3.73. The molecule has 1 aromatic rings. The fraction of sp³-hybridized carbons (Fsp3) is 0.562. The van der Waals surface area contributed by atoms with Crippen LogP contribution in [0.3, 0.4) is 0 Å². The van der Waals surface area contributed by atoms with Crippen LogP contribution in [0.4, 0.5) is 0 Å². The van der Waals surface area contributed by atoms with Crippen molar-refractivity contribution in [1.82, 2.24) is 4.90 Å². The second-order valence-electron chi connectivity index (χ2n) is 5.65. The molecule has 1 saturated heterocycles. The molecule has 0 aromatic heterocycles. The summed E-state index contributed by atoms with van der Waals surface area (Å²) in [4.78, 5) is 13.5. The van der Waals surface area contributed by atoms with Gasteiger partial charge in [-0.25, -0.2) is 0 Å². The van der Waals surface area contributed by atoms with Crippen LogP contribution in [0.15, 0.2) is 24.3 Å². The molecule has 0 saturated carbocycles. The maximum Gasteiger partial charge on any atom is 0.236 e. The lowest BCUT2D eigenvalue weighted by Crippen LogP contribution is -2.46. The predicted molar refractivity (Wildman–Crippen MR) is 79.8 cm³/mol. The van der Waals surface area contributed by atoms with E-state index in [2.05, 4.69) is 26.0 Å². The monoisotopic (exact) mass is 276 g/mol. The highest BCUT2D eigenvalue weighted by Gasteiger charge is 2.24. The molecule has 1 heterocycles. The number of carbonyl (C=O) groups is 1. The standard InChI is InChI=1S/C16H24N2O2/c1-12(2)13-5-3-6-14(9-13)20-15-7-4-8-18(11-15)16(19)10-17/h3,5-6,9,12,15H,4,7-8,10-11,17H2,1-2H3. The van der Waals surface area contributed by atoms with Gasteiger partial charge in [0.2, 0.25) is 5.91 Å². The number of likely N-dealkylation sites (tertiary alicyclic amines) is 1. The van der Waals surface area contributed by atoms with Gasteiger partial charge in [0.1, 0.15) is 11.9 Å². The molecule has 110 valence electrons. The molecule has 2 rings (SSSR count). The second kappa shape index (κ2) is 6.75. The zero-order valence-corrected chi connectivity index (χ0v) is 12.3. The molecule has 1 aliphatic heterocycles. The van der Waals surface area contributed by atoms with Crippen LogP contribution in [-0.4, -0.2) is 36.5 Å². The molecule has 2 N–H and O–H groups in total. The first-order valence-electron chi connectivity index (χ1n) is 7.34. The van der Waals surface area contributed by atoms with Gasteiger partial charge in [-0.05, 0) is 36.5 Å². The highest BCUT2D eigenvalue weighted by molar-refractivity contribution is 5.78. The summed E-state index contributed by atoms with van der Waals surface area (Å²) < 4.78 is 6.04. The Kier molecular flexibility index (Phi) is 5.01. The van der Waals surface area contributed by atoms with E-state index in [9.17, 15) is 4.79 Å². The molecular formula is C16H24N2O2. The third-order valence-corrected chi connectivity index (χ3v) is 3.73. The number of hydrogen-bond acceptors (Lipinski definition) is 3. The van der Waals surface area contributed by atoms with Crippen molar-refractivity contribution in [2.45, 2.75) is 38.7 Å². The lowest BCUT2D eigenvalue weighted by atomic mass is 10.0. The average molecular weight is 276 g/mol. The van der Waals surface area contributed by atoms with Crippen molar-refractivity contribution in [1.29, 1.82) is 0 Å². The van der Waals surface area contributed by atoms with Gasteiger partial charge in [0.05, 0.1) is 13.1 Å². The fourth-order valence-corrected chi connectivity index (χ4v) is 2.53. The van der Waals surface area contributed by atoms with Crippen molar-refractivity contribution in [2.75, 3.05) is 19.6 Å². The Bertz CT molecular complexity index is 460. The quantitative estimate of drug-likeness (QED) is 0.916. The van der Waals surface area contributed by atoms with Crippen LogP contribution in [0.1, 0.15) is 38.2 Å². The van der Waals surface area contributed by atoms with Crippen LogP contribution in [0, 0.1) is 0 Å². The Balaban J connectivity index is 1.99. The molecule has 1 aliphatic rings. The molecule has 4 nitrogen and oxygen atoms in total. The van der Waals surface area contributed by atoms with Gasteiger partial charge in [-0.1, -0.05) is 26.0 Å². The van der Waals surface area contributed by atoms with Gasteiger partial charge in [0, 0.05) is 6.54 Å². The third kappa shape index (κ3) is 3.73. The van der Waals surface area contributed by atoms with Crippen molar-refractivity contribution >= 4 is 5.91 Å². The number of amides is 1. The molecule has 0 radical (unpaired) electrons. The largest absolute Gasteiger partial charge is 0.489 e. The molecule has 1 amide bonds. The molecular weight excluding hydrogens is 252 g/mol. The lowest BCUT2D eigenvalue weighted by Gasteiger charge is -2.32. The maximum atomic E-state index is 11.7. The van der Waals surface area contributed by atoms with E-state index in [0.29, 0.717) is 12.5 Å². The minimum absolute atomic E-state index is 0.00855. The van der Waals surface area contributed by atoms with Crippen molar-refractivity contribution in [3.8, 4) is 5.75 Å². The molecule has 1 aromatic carbocycles. The summed E-state index contributed by atoms with van der Waals surface area (Å²) in [6, 6.07) is 8.21. The molecule has 0 aliphatic carbocycles. The predicted octanol–water partition coefficient (Wildman–Crippen LogP) is 2.14. The van der Waals surface area contributed by atoms with Crippen molar-refractivity contribution in [2.24, 2.45) is 5.73 Å². The zero-order chi connectivity index (χ0) is 14.5. The summed E-state index contributed by atoms with van der Waals surface area (Å²) in [5.74, 6) is 1.39. The summed E-state index contributed by atoms with van der Waals surface area (Å²) in [6.07, 6.45) is 2.03. The van der Waals surface area contributed by atoms with Gasteiger partial charge in [-0.3, -0.25) is 4.79 Å². The van der Waals surface area contributed by atoms with E-state index in [1.807, 2.05) is 12.1 Å². The Morgan fingerprint density at radius 1 is 1.50 bits per heavy atom. The maximum absolute atomic E-state index is 11.7. The van der Waals surface area contributed by atoms with Gasteiger partial charge in [-0.2, -0.15) is 0 Å². The number of nitrogens with zero attached hydrogens (tertiary/aromatic N) is 1. The molecule has 20 heavy (non-hydrogen) atoms. The van der Waals surface area contributed by atoms with Crippen LogP contribution in [0.2, 0.25) is 0 Å². The fourth-order valence-electron chi connectivity index (χ4n) is 2.53. The molecule has 1 atom stereocenters. The van der Waals surface area contributed by atoms with Crippen LogP contribution in [-0.2, 0) is 4.79 Å². The molecule has 4 heteroatoms. The van der Waals surface area contributed by atoms with Crippen LogP contribution in [0.5, 0.6) is 5.75 Å². The molecule has 1 fully saturated rings. The molecule has 1 unspecified atom stereocenters. The van der Waals surface area contributed by atoms with Crippen LogP contribution >= 0.6 is 0 Å². The smallest absolute Gasteiger partial charge is 0.236 e. The van der Waals surface area contributed by atoms with Crippen molar-refractivity contribution in [3.63, 3.8) is 0 Å². The van der Waals surface area contributed by atoms with Crippen LogP contribution in [0.25, 0.3) is 0 Å². The Morgan fingerprint density at radius 3 is 3.00 bits per heavy atom. The van der Waals surface area contributed by atoms with E-state index in [4.69, 9.17) is 10.5 Å². The van der Waals surface area contributed by atoms with E-state index >= 15 is 0 Å². The Morgan fingerprint density at radius 2 is 2.30 bits per heavy atom. The first kappa shape index (κ1) is 14.9. The van der Waals surface area contributed by atoms with E-state index in [0.717, 1.165) is 25.1 Å². The average Bonchev–Trinajstić information content (AvgIpc) is 2.47. The van der Waals surface area contributed by atoms with E-state index in [1.165, 1.54) is 5.56 Å². The lowest BCUT2D eigenvalue weighted by molar-refractivity contribution is -0.132. The molecule has 0 spiro atoms. The first-order chi connectivity index (χ1) is 9.60. The summed E-state index contributed by atoms with van der Waals surface area (Å²) in [5.41, 5.74) is 6.69. The topological polar surface area (TPSA) is 55.6 Å². The number of piperidine rings is 1. The summed E-state index contributed by atoms with van der Waals surface area (Å²) in [7, 11) is 0. The second-order valence-corrected chi connectivity index (χ2v) is 5.65. The number of rotatable bonds is 4. The summed E-state index contributed by atoms with van der Waals surface area (Å²) >= 11 is 0. The number of nitrogens with two attached hydrogens (primary N) is 1. The number of benzene rings is 1. The Hall–Kier alpha value is -1.55. The normalized spacial score (nSPS) is 19.2.